The summed E-state index contributed by atoms with van der Waals surface area (Å²) in [7, 11) is 1.45. The van der Waals surface area contributed by atoms with Crippen molar-refractivity contribution in [2.45, 2.75) is 25.6 Å². The summed E-state index contributed by atoms with van der Waals surface area (Å²) in [5.41, 5.74) is -0.276. The van der Waals surface area contributed by atoms with Gasteiger partial charge in [-0.25, -0.2) is 4.98 Å². The zero-order valence-electron chi connectivity index (χ0n) is 15.9. The van der Waals surface area contributed by atoms with Crippen LogP contribution in [0, 0.1) is 0 Å². The fourth-order valence-electron chi connectivity index (χ4n) is 2.75. The second-order valence-corrected chi connectivity index (χ2v) is 8.42. The Labute approximate surface area is 179 Å². The van der Waals surface area contributed by atoms with E-state index in [1.54, 1.807) is 5.38 Å². The number of benzene rings is 1. The first-order chi connectivity index (χ1) is 14.2. The molecule has 2 heterocycles. The number of alkyl halides is 3. The molecule has 0 bridgehead atoms. The van der Waals surface area contributed by atoms with Crippen molar-refractivity contribution in [1.29, 1.82) is 0 Å². The van der Waals surface area contributed by atoms with Gasteiger partial charge >= 0.3 is 6.18 Å². The molecule has 1 N–H and O–H groups in total. The molecule has 0 aliphatic heterocycles. The number of anilines is 1. The van der Waals surface area contributed by atoms with Gasteiger partial charge in [0.05, 0.1) is 24.1 Å². The van der Waals surface area contributed by atoms with Crippen LogP contribution >= 0.6 is 22.7 Å². The van der Waals surface area contributed by atoms with E-state index >= 15 is 0 Å². The number of amides is 2. The number of nitrogens with zero attached hydrogens (tertiary/aromatic N) is 2. The number of aromatic nitrogens is 1. The number of carbonyl (C=O) groups is 2. The van der Waals surface area contributed by atoms with Crippen LogP contribution in [0.4, 0.5) is 18.3 Å². The van der Waals surface area contributed by atoms with E-state index in [1.807, 2.05) is 17.5 Å². The summed E-state index contributed by atoms with van der Waals surface area (Å²) in [6, 6.07) is 8.91. The minimum absolute atomic E-state index is 0.0284. The standard InChI is InChI=1S/C20H18F3N3O2S2/c1-26(11-13-5-2-3-7-16(13)20(21,22)23)18(28)9-14-12-30-19(24-14)25-17(27)10-15-6-4-8-29-15/h2-8,12H,9-11H2,1H3,(H,24,25,27). The molecule has 158 valence electrons. The van der Waals surface area contributed by atoms with Crippen molar-refractivity contribution >= 4 is 39.6 Å². The van der Waals surface area contributed by atoms with Gasteiger partial charge in [0.25, 0.3) is 0 Å². The molecule has 0 saturated heterocycles. The first-order valence-corrected chi connectivity index (χ1v) is 10.6. The van der Waals surface area contributed by atoms with Crippen molar-refractivity contribution in [3.8, 4) is 0 Å². The van der Waals surface area contributed by atoms with E-state index in [-0.39, 0.29) is 36.8 Å². The highest BCUT2D eigenvalue weighted by atomic mass is 32.1. The lowest BCUT2D eigenvalue weighted by Crippen LogP contribution is -2.29. The summed E-state index contributed by atoms with van der Waals surface area (Å²) >= 11 is 2.68. The van der Waals surface area contributed by atoms with Crippen molar-refractivity contribution in [2.75, 3.05) is 12.4 Å². The van der Waals surface area contributed by atoms with Crippen LogP contribution < -0.4 is 5.32 Å². The molecule has 3 aromatic rings. The molecule has 3 rings (SSSR count). The Hall–Kier alpha value is -2.72. The van der Waals surface area contributed by atoms with Crippen LogP contribution in [0.25, 0.3) is 0 Å². The lowest BCUT2D eigenvalue weighted by molar-refractivity contribution is -0.139. The SMILES string of the molecule is CN(Cc1ccccc1C(F)(F)F)C(=O)Cc1csc(NC(=O)Cc2cccs2)n1. The van der Waals surface area contributed by atoms with Gasteiger partial charge in [0.2, 0.25) is 11.8 Å². The molecule has 0 fully saturated rings. The van der Waals surface area contributed by atoms with E-state index in [0.29, 0.717) is 10.8 Å². The van der Waals surface area contributed by atoms with Gasteiger partial charge in [-0.1, -0.05) is 24.3 Å². The highest BCUT2D eigenvalue weighted by molar-refractivity contribution is 7.14. The molecule has 5 nitrogen and oxygen atoms in total. The molecular formula is C20H18F3N3O2S2. The lowest BCUT2D eigenvalue weighted by atomic mass is 10.1. The summed E-state index contributed by atoms with van der Waals surface area (Å²) in [4.78, 5) is 30.9. The fraction of sp³-hybridized carbons (Fsp3) is 0.250. The molecule has 30 heavy (non-hydrogen) atoms. The Bertz CT molecular complexity index is 1020. The highest BCUT2D eigenvalue weighted by Crippen LogP contribution is 2.32. The minimum atomic E-state index is -4.48. The third kappa shape index (κ3) is 5.90. The number of carbonyl (C=O) groups excluding carboxylic acids is 2. The van der Waals surface area contributed by atoms with Crippen LogP contribution in [0.15, 0.2) is 47.2 Å². The minimum Gasteiger partial charge on any atom is -0.341 e. The first kappa shape index (κ1) is 22.0. The van der Waals surface area contributed by atoms with Gasteiger partial charge in [-0.2, -0.15) is 13.2 Å². The van der Waals surface area contributed by atoms with Crippen LogP contribution in [0.1, 0.15) is 21.7 Å². The summed E-state index contributed by atoms with van der Waals surface area (Å²) in [5.74, 6) is -0.570. The van der Waals surface area contributed by atoms with E-state index in [1.165, 1.54) is 52.8 Å². The number of halogens is 3. The molecule has 0 radical (unpaired) electrons. The van der Waals surface area contributed by atoms with Crippen LogP contribution in [0.3, 0.4) is 0 Å². The summed E-state index contributed by atoms with van der Waals surface area (Å²) in [6.45, 7) is -0.164. The zero-order chi connectivity index (χ0) is 21.7. The Kier molecular flexibility index (Phi) is 6.88. The number of hydrogen-bond donors (Lipinski definition) is 1. The van der Waals surface area contributed by atoms with Crippen molar-refractivity contribution in [2.24, 2.45) is 0 Å². The Morgan fingerprint density at radius 3 is 2.57 bits per heavy atom. The van der Waals surface area contributed by atoms with Gasteiger partial charge in [0.1, 0.15) is 0 Å². The van der Waals surface area contributed by atoms with E-state index in [4.69, 9.17) is 0 Å². The van der Waals surface area contributed by atoms with Crippen LogP contribution in [0.2, 0.25) is 0 Å². The molecular weight excluding hydrogens is 435 g/mol. The maximum atomic E-state index is 13.1. The number of likely N-dealkylation sites (N-methyl/N-ethyl adjacent to an activating group) is 1. The first-order valence-electron chi connectivity index (χ1n) is 8.88. The quantitative estimate of drug-likeness (QED) is 0.569. The molecule has 0 aliphatic rings. The van der Waals surface area contributed by atoms with Crippen molar-refractivity contribution < 1.29 is 22.8 Å². The Morgan fingerprint density at radius 2 is 1.87 bits per heavy atom. The molecule has 0 aliphatic carbocycles. The predicted octanol–water partition coefficient (Wildman–Crippen LogP) is 4.61. The monoisotopic (exact) mass is 453 g/mol. The molecule has 0 spiro atoms. The van der Waals surface area contributed by atoms with E-state index < -0.39 is 11.7 Å². The summed E-state index contributed by atoms with van der Waals surface area (Å²) < 4.78 is 39.4. The van der Waals surface area contributed by atoms with Gasteiger partial charge in [0, 0.05) is 23.8 Å². The van der Waals surface area contributed by atoms with Crippen LogP contribution in [-0.2, 0) is 35.2 Å². The fourth-order valence-corrected chi connectivity index (χ4v) is 4.18. The van der Waals surface area contributed by atoms with Crippen molar-refractivity contribution in [3.05, 3.63) is 68.9 Å². The average Bonchev–Trinajstić information content (AvgIpc) is 3.33. The van der Waals surface area contributed by atoms with Gasteiger partial charge in [-0.05, 0) is 23.1 Å². The number of nitrogens with one attached hydrogen (secondary N) is 1. The maximum absolute atomic E-state index is 13.1. The van der Waals surface area contributed by atoms with Gasteiger partial charge in [-0.15, -0.1) is 22.7 Å². The van der Waals surface area contributed by atoms with Gasteiger partial charge < -0.3 is 10.2 Å². The topological polar surface area (TPSA) is 62.3 Å². The molecule has 1 aromatic carbocycles. The lowest BCUT2D eigenvalue weighted by Gasteiger charge is -2.20. The summed E-state index contributed by atoms with van der Waals surface area (Å²) in [5, 5.41) is 6.61. The van der Waals surface area contributed by atoms with E-state index in [0.717, 1.165) is 10.9 Å². The molecule has 10 heteroatoms. The number of hydrogen-bond acceptors (Lipinski definition) is 5. The van der Waals surface area contributed by atoms with Gasteiger partial charge in [-0.3, -0.25) is 9.59 Å². The average molecular weight is 454 g/mol. The molecule has 0 unspecified atom stereocenters. The zero-order valence-corrected chi connectivity index (χ0v) is 17.5. The van der Waals surface area contributed by atoms with Crippen LogP contribution in [0.5, 0.6) is 0 Å². The second-order valence-electron chi connectivity index (χ2n) is 6.53. The molecule has 0 saturated carbocycles. The predicted molar refractivity (Wildman–Crippen MR) is 110 cm³/mol. The number of rotatable bonds is 7. The normalized spacial score (nSPS) is 11.3. The largest absolute Gasteiger partial charge is 0.416 e. The molecule has 2 amide bonds. The molecule has 0 atom stereocenters. The Balaban J connectivity index is 1.57. The van der Waals surface area contributed by atoms with E-state index in [2.05, 4.69) is 10.3 Å². The number of thiophene rings is 1. The van der Waals surface area contributed by atoms with Crippen LogP contribution in [-0.4, -0.2) is 28.7 Å². The Morgan fingerprint density at radius 1 is 1.10 bits per heavy atom. The second kappa shape index (κ2) is 9.40. The van der Waals surface area contributed by atoms with E-state index in [9.17, 15) is 22.8 Å². The summed E-state index contributed by atoms with van der Waals surface area (Å²) in [6.07, 6.45) is -4.31. The third-order valence-electron chi connectivity index (χ3n) is 4.20. The van der Waals surface area contributed by atoms with Crippen molar-refractivity contribution in [1.82, 2.24) is 9.88 Å². The van der Waals surface area contributed by atoms with Gasteiger partial charge in [0.15, 0.2) is 5.13 Å². The highest BCUT2D eigenvalue weighted by Gasteiger charge is 2.33. The number of thiazole rings is 1. The smallest absolute Gasteiger partial charge is 0.341 e. The third-order valence-corrected chi connectivity index (χ3v) is 5.88. The maximum Gasteiger partial charge on any atom is 0.416 e. The molecule has 2 aromatic heterocycles. The van der Waals surface area contributed by atoms with Crippen molar-refractivity contribution in [3.63, 3.8) is 0 Å².